The first-order valence-electron chi connectivity index (χ1n) is 3.14. The normalized spacial score (nSPS) is 8.83. The highest BCUT2D eigenvalue weighted by molar-refractivity contribution is 7.13. The molecular formula is C6H10ClN3OS. The summed E-state index contributed by atoms with van der Waals surface area (Å²) in [7, 11) is 0. The van der Waals surface area contributed by atoms with Crippen LogP contribution in [0.4, 0.5) is 5.13 Å². The molecule has 0 aliphatic carbocycles. The van der Waals surface area contributed by atoms with Crippen LogP contribution in [0.25, 0.3) is 0 Å². The highest BCUT2D eigenvalue weighted by Gasteiger charge is 2.01. The number of anilines is 1. The van der Waals surface area contributed by atoms with Crippen LogP contribution in [0.2, 0.25) is 0 Å². The van der Waals surface area contributed by atoms with Crippen LogP contribution in [0.1, 0.15) is 5.69 Å². The summed E-state index contributed by atoms with van der Waals surface area (Å²) in [6, 6.07) is 0. The molecule has 68 valence electrons. The Kier molecular flexibility index (Phi) is 4.80. The van der Waals surface area contributed by atoms with Crippen molar-refractivity contribution in [3.05, 3.63) is 11.1 Å². The van der Waals surface area contributed by atoms with E-state index in [1.807, 2.05) is 12.3 Å². The van der Waals surface area contributed by atoms with Crippen LogP contribution in [-0.4, -0.2) is 17.4 Å². The van der Waals surface area contributed by atoms with E-state index < -0.39 is 0 Å². The van der Waals surface area contributed by atoms with Crippen molar-refractivity contribution in [3.8, 4) is 0 Å². The summed E-state index contributed by atoms with van der Waals surface area (Å²) in [4.78, 5) is 14.8. The first-order valence-corrected chi connectivity index (χ1v) is 4.02. The number of aromatic nitrogens is 1. The standard InChI is InChI=1S/C6H9N3OS.ClH/c1-4-3-11-6(8-4)9-5(10)2-7;/h3H,2,7H2,1H3,(H,8,9,10);1H. The Balaban J connectivity index is 0.00000121. The summed E-state index contributed by atoms with van der Waals surface area (Å²) in [5.74, 6) is -0.209. The Hall–Kier alpha value is -0.650. The quantitative estimate of drug-likeness (QED) is 0.753. The third kappa shape index (κ3) is 3.17. The van der Waals surface area contributed by atoms with Crippen molar-refractivity contribution in [2.45, 2.75) is 6.92 Å². The average Bonchev–Trinajstić information content (AvgIpc) is 2.35. The van der Waals surface area contributed by atoms with Crippen molar-refractivity contribution in [1.82, 2.24) is 4.98 Å². The molecule has 1 rings (SSSR count). The van der Waals surface area contributed by atoms with Crippen molar-refractivity contribution in [1.29, 1.82) is 0 Å². The molecule has 0 spiro atoms. The van der Waals surface area contributed by atoms with Gasteiger partial charge in [-0.1, -0.05) is 0 Å². The third-order valence-electron chi connectivity index (χ3n) is 1.05. The number of nitrogens with one attached hydrogen (secondary N) is 1. The van der Waals surface area contributed by atoms with E-state index in [9.17, 15) is 4.79 Å². The first kappa shape index (κ1) is 11.4. The highest BCUT2D eigenvalue weighted by Crippen LogP contribution is 2.13. The predicted octanol–water partition coefficient (Wildman–Crippen LogP) is 0.771. The van der Waals surface area contributed by atoms with Crippen molar-refractivity contribution in [3.63, 3.8) is 0 Å². The van der Waals surface area contributed by atoms with Crippen LogP contribution in [0.15, 0.2) is 5.38 Å². The lowest BCUT2D eigenvalue weighted by atomic mass is 10.6. The predicted molar refractivity (Wildman–Crippen MR) is 51.8 cm³/mol. The van der Waals surface area contributed by atoms with Gasteiger partial charge < -0.3 is 11.1 Å². The molecule has 3 N–H and O–H groups in total. The van der Waals surface area contributed by atoms with E-state index >= 15 is 0 Å². The van der Waals surface area contributed by atoms with Gasteiger partial charge in [-0.3, -0.25) is 4.79 Å². The molecule has 4 nitrogen and oxygen atoms in total. The summed E-state index contributed by atoms with van der Waals surface area (Å²) in [5, 5.41) is 5.03. The van der Waals surface area contributed by atoms with Gasteiger partial charge >= 0.3 is 0 Å². The number of rotatable bonds is 2. The zero-order chi connectivity index (χ0) is 8.27. The summed E-state index contributed by atoms with van der Waals surface area (Å²) in [6.07, 6.45) is 0. The fourth-order valence-corrected chi connectivity index (χ4v) is 1.29. The maximum Gasteiger partial charge on any atom is 0.239 e. The van der Waals surface area contributed by atoms with E-state index in [2.05, 4.69) is 10.3 Å². The summed E-state index contributed by atoms with van der Waals surface area (Å²) >= 11 is 1.39. The number of halogens is 1. The van der Waals surface area contributed by atoms with Gasteiger partial charge in [0.15, 0.2) is 5.13 Å². The molecule has 0 saturated carbocycles. The van der Waals surface area contributed by atoms with Gasteiger partial charge in [0.2, 0.25) is 5.91 Å². The van der Waals surface area contributed by atoms with Gasteiger partial charge in [-0.05, 0) is 6.92 Å². The summed E-state index contributed by atoms with van der Waals surface area (Å²) in [5.41, 5.74) is 6.00. The molecule has 1 heterocycles. The second-order valence-corrected chi connectivity index (χ2v) is 2.90. The molecule has 1 aromatic rings. The number of thiazole rings is 1. The van der Waals surface area contributed by atoms with Crippen LogP contribution in [0, 0.1) is 6.92 Å². The topological polar surface area (TPSA) is 68.0 Å². The van der Waals surface area contributed by atoms with Gasteiger partial charge in [-0.2, -0.15) is 0 Å². The van der Waals surface area contributed by atoms with Crippen molar-refractivity contribution < 1.29 is 4.79 Å². The number of nitrogens with zero attached hydrogens (tertiary/aromatic N) is 1. The molecule has 0 radical (unpaired) electrons. The van der Waals surface area contributed by atoms with Crippen molar-refractivity contribution >= 4 is 34.8 Å². The smallest absolute Gasteiger partial charge is 0.239 e. The molecule has 0 unspecified atom stereocenters. The van der Waals surface area contributed by atoms with E-state index in [1.165, 1.54) is 11.3 Å². The lowest BCUT2D eigenvalue weighted by Gasteiger charge is -1.95. The maximum absolute atomic E-state index is 10.7. The monoisotopic (exact) mass is 207 g/mol. The van der Waals surface area contributed by atoms with Gasteiger partial charge in [-0.25, -0.2) is 4.98 Å². The van der Waals surface area contributed by atoms with Crippen molar-refractivity contribution in [2.75, 3.05) is 11.9 Å². The number of nitrogens with two attached hydrogens (primary N) is 1. The zero-order valence-corrected chi connectivity index (χ0v) is 8.17. The number of hydrogen-bond donors (Lipinski definition) is 2. The maximum atomic E-state index is 10.7. The first-order chi connectivity index (χ1) is 5.22. The lowest BCUT2D eigenvalue weighted by molar-refractivity contribution is -0.114. The molecule has 0 bridgehead atoms. The van der Waals surface area contributed by atoms with Crippen LogP contribution in [-0.2, 0) is 4.79 Å². The van der Waals surface area contributed by atoms with Crippen LogP contribution in [0.5, 0.6) is 0 Å². The number of hydrogen-bond acceptors (Lipinski definition) is 4. The SMILES string of the molecule is Cc1csc(NC(=O)CN)n1.Cl. The Morgan fingerprint density at radius 1 is 1.83 bits per heavy atom. The average molecular weight is 208 g/mol. The minimum Gasteiger partial charge on any atom is -0.322 e. The van der Waals surface area contributed by atoms with E-state index in [-0.39, 0.29) is 24.9 Å². The van der Waals surface area contributed by atoms with Crippen LogP contribution >= 0.6 is 23.7 Å². The van der Waals surface area contributed by atoms with Crippen LogP contribution in [0.3, 0.4) is 0 Å². The van der Waals surface area contributed by atoms with Gasteiger partial charge in [0.05, 0.1) is 12.2 Å². The largest absolute Gasteiger partial charge is 0.322 e. The second-order valence-electron chi connectivity index (χ2n) is 2.05. The summed E-state index contributed by atoms with van der Waals surface area (Å²) in [6.45, 7) is 1.87. The Morgan fingerprint density at radius 3 is 2.92 bits per heavy atom. The Bertz CT molecular complexity index is 263. The molecule has 0 atom stereocenters. The number of aryl methyl sites for hydroxylation is 1. The lowest BCUT2D eigenvalue weighted by Crippen LogP contribution is -2.21. The molecular weight excluding hydrogens is 198 g/mol. The minimum absolute atomic E-state index is 0. The highest BCUT2D eigenvalue weighted by atomic mass is 35.5. The zero-order valence-electron chi connectivity index (χ0n) is 6.53. The van der Waals surface area contributed by atoms with Crippen molar-refractivity contribution in [2.24, 2.45) is 5.73 Å². The molecule has 0 fully saturated rings. The second kappa shape index (κ2) is 5.08. The van der Waals surface area contributed by atoms with Gasteiger partial charge in [-0.15, -0.1) is 23.7 Å². The Labute approximate surface area is 80.6 Å². The molecule has 0 aromatic carbocycles. The third-order valence-corrected chi connectivity index (χ3v) is 1.93. The van der Waals surface area contributed by atoms with E-state index in [0.717, 1.165) is 5.69 Å². The Morgan fingerprint density at radius 2 is 2.50 bits per heavy atom. The van der Waals surface area contributed by atoms with E-state index in [4.69, 9.17) is 5.73 Å². The molecule has 1 amide bonds. The van der Waals surface area contributed by atoms with E-state index in [0.29, 0.717) is 5.13 Å². The van der Waals surface area contributed by atoms with Gasteiger partial charge in [0, 0.05) is 5.38 Å². The fourth-order valence-electron chi connectivity index (χ4n) is 0.582. The van der Waals surface area contributed by atoms with Gasteiger partial charge in [0.25, 0.3) is 0 Å². The minimum atomic E-state index is -0.209. The number of carbonyl (C=O) groups excluding carboxylic acids is 1. The number of amides is 1. The molecule has 12 heavy (non-hydrogen) atoms. The van der Waals surface area contributed by atoms with Gasteiger partial charge in [0.1, 0.15) is 0 Å². The summed E-state index contributed by atoms with van der Waals surface area (Å²) < 4.78 is 0. The molecule has 1 aromatic heterocycles. The molecule has 0 aliphatic heterocycles. The van der Waals surface area contributed by atoms with E-state index in [1.54, 1.807) is 0 Å². The number of carbonyl (C=O) groups is 1. The molecule has 0 aliphatic rings. The van der Waals surface area contributed by atoms with Crippen LogP contribution < -0.4 is 11.1 Å². The molecule has 0 saturated heterocycles. The fraction of sp³-hybridized carbons (Fsp3) is 0.333. The molecule has 6 heteroatoms.